The first-order valence-electron chi connectivity index (χ1n) is 4.98. The first kappa shape index (κ1) is 12.8. The molecule has 0 saturated heterocycles. The molecule has 16 heavy (non-hydrogen) atoms. The molecule has 0 aliphatic carbocycles. The van der Waals surface area contributed by atoms with Crippen LogP contribution in [0, 0.1) is 0 Å². The van der Waals surface area contributed by atoms with Gasteiger partial charge in [-0.05, 0) is 13.0 Å². The lowest BCUT2D eigenvalue weighted by molar-refractivity contribution is -0.138. The van der Waals surface area contributed by atoms with Gasteiger partial charge in [-0.2, -0.15) is 13.2 Å². The Balaban J connectivity index is 2.85. The molecule has 5 heteroatoms. The van der Waals surface area contributed by atoms with E-state index in [1.165, 1.54) is 0 Å². The van der Waals surface area contributed by atoms with Crippen LogP contribution in [0.15, 0.2) is 24.3 Å². The number of ether oxygens (including phenoxy) is 1. The van der Waals surface area contributed by atoms with E-state index >= 15 is 0 Å². The average molecular weight is 233 g/mol. The lowest BCUT2D eigenvalue weighted by Crippen LogP contribution is -2.20. The van der Waals surface area contributed by atoms with Crippen LogP contribution in [0.5, 0.6) is 5.75 Å². The van der Waals surface area contributed by atoms with Crippen molar-refractivity contribution in [1.82, 2.24) is 0 Å². The third kappa shape index (κ3) is 3.73. The minimum absolute atomic E-state index is 0.390. The van der Waals surface area contributed by atoms with Gasteiger partial charge in [0.25, 0.3) is 0 Å². The summed E-state index contributed by atoms with van der Waals surface area (Å²) < 4.78 is 41.8. The van der Waals surface area contributed by atoms with E-state index < -0.39 is 18.6 Å². The fourth-order valence-electron chi connectivity index (χ4n) is 1.43. The highest BCUT2D eigenvalue weighted by Gasteiger charge is 2.31. The number of benzene rings is 1. The van der Waals surface area contributed by atoms with Gasteiger partial charge in [0.15, 0.2) is 0 Å². The quantitative estimate of drug-likeness (QED) is 0.867. The van der Waals surface area contributed by atoms with Gasteiger partial charge in [-0.25, -0.2) is 0 Å². The van der Waals surface area contributed by atoms with Crippen LogP contribution in [0.1, 0.15) is 24.9 Å². The van der Waals surface area contributed by atoms with E-state index in [2.05, 4.69) is 0 Å². The zero-order chi connectivity index (χ0) is 12.2. The molecule has 1 aromatic carbocycles. The highest BCUT2D eigenvalue weighted by Crippen LogP contribution is 2.32. The summed E-state index contributed by atoms with van der Waals surface area (Å²) in [4.78, 5) is 0. The van der Waals surface area contributed by atoms with E-state index in [1.807, 2.05) is 0 Å². The number of hydrogen-bond acceptors (Lipinski definition) is 2. The van der Waals surface area contributed by atoms with Gasteiger partial charge in [0.1, 0.15) is 5.75 Å². The fourth-order valence-corrected chi connectivity index (χ4v) is 1.43. The van der Waals surface area contributed by atoms with Crippen molar-refractivity contribution in [1.29, 1.82) is 0 Å². The third-order valence-corrected chi connectivity index (χ3v) is 2.07. The van der Waals surface area contributed by atoms with Crippen LogP contribution in [0.25, 0.3) is 0 Å². The molecule has 0 fully saturated rings. The van der Waals surface area contributed by atoms with Gasteiger partial charge in [-0.3, -0.25) is 0 Å². The van der Waals surface area contributed by atoms with Crippen LogP contribution < -0.4 is 10.5 Å². The second-order valence-corrected chi connectivity index (χ2v) is 3.40. The topological polar surface area (TPSA) is 35.2 Å². The van der Waals surface area contributed by atoms with Crippen LogP contribution in [0.2, 0.25) is 0 Å². The summed E-state index contributed by atoms with van der Waals surface area (Å²) in [7, 11) is 0. The fraction of sp³-hybridized carbons (Fsp3) is 0.455. The molecule has 0 amide bonds. The van der Waals surface area contributed by atoms with Gasteiger partial charge in [0.05, 0.1) is 13.0 Å². The summed E-state index contributed by atoms with van der Waals surface area (Å²) in [6.45, 7) is 2.17. The summed E-state index contributed by atoms with van der Waals surface area (Å²) in [5.41, 5.74) is 5.90. The zero-order valence-corrected chi connectivity index (χ0v) is 8.92. The van der Waals surface area contributed by atoms with E-state index in [-0.39, 0.29) is 0 Å². The van der Waals surface area contributed by atoms with E-state index in [4.69, 9.17) is 10.5 Å². The second-order valence-electron chi connectivity index (χ2n) is 3.40. The van der Waals surface area contributed by atoms with Gasteiger partial charge in [-0.15, -0.1) is 0 Å². The summed E-state index contributed by atoms with van der Waals surface area (Å²) >= 11 is 0. The molecule has 0 saturated carbocycles. The summed E-state index contributed by atoms with van der Waals surface area (Å²) in [6, 6.07) is 5.45. The van der Waals surface area contributed by atoms with Crippen molar-refractivity contribution in [3.05, 3.63) is 29.8 Å². The van der Waals surface area contributed by atoms with Crippen molar-refractivity contribution in [2.24, 2.45) is 5.73 Å². The predicted octanol–water partition coefficient (Wildman–Crippen LogP) is 3.04. The first-order valence-corrected chi connectivity index (χ1v) is 4.98. The highest BCUT2D eigenvalue weighted by atomic mass is 19.4. The smallest absolute Gasteiger partial charge is 0.390 e. The molecule has 0 aromatic heterocycles. The molecule has 0 aliphatic rings. The Hall–Kier alpha value is -1.23. The number of nitrogens with two attached hydrogens (primary N) is 1. The van der Waals surface area contributed by atoms with Gasteiger partial charge in [-0.1, -0.05) is 18.2 Å². The van der Waals surface area contributed by atoms with Crippen molar-refractivity contribution >= 4 is 0 Å². The number of hydrogen-bond donors (Lipinski definition) is 1. The molecule has 0 unspecified atom stereocenters. The highest BCUT2D eigenvalue weighted by molar-refractivity contribution is 5.35. The Morgan fingerprint density at radius 3 is 2.50 bits per heavy atom. The van der Waals surface area contributed by atoms with E-state index in [0.717, 1.165) is 0 Å². The molecule has 2 N–H and O–H groups in total. The van der Waals surface area contributed by atoms with Crippen LogP contribution in [-0.4, -0.2) is 12.8 Å². The van der Waals surface area contributed by atoms with Crippen molar-refractivity contribution in [2.45, 2.75) is 25.6 Å². The lowest BCUT2D eigenvalue weighted by atomic mass is 10.0. The predicted molar refractivity (Wildman–Crippen MR) is 55.2 cm³/mol. The second kappa shape index (κ2) is 5.21. The summed E-state index contributed by atoms with van der Waals surface area (Å²) in [5.74, 6) is 0.418. The molecule has 0 spiro atoms. The normalized spacial score (nSPS) is 13.6. The maximum atomic E-state index is 12.2. The SMILES string of the molecule is CCOc1ccccc1[C@H](N)CC(F)(F)F. The molecule has 1 aromatic rings. The summed E-state index contributed by atoms with van der Waals surface area (Å²) in [5, 5.41) is 0. The largest absolute Gasteiger partial charge is 0.494 e. The average Bonchev–Trinajstić information content (AvgIpc) is 2.16. The van der Waals surface area contributed by atoms with Crippen LogP contribution >= 0.6 is 0 Å². The molecule has 2 nitrogen and oxygen atoms in total. The number of rotatable bonds is 4. The van der Waals surface area contributed by atoms with E-state index in [1.54, 1.807) is 31.2 Å². The molecule has 1 rings (SSSR count). The molecule has 0 bridgehead atoms. The molecule has 1 atom stereocenters. The Bertz CT molecular complexity index is 338. The first-order chi connectivity index (χ1) is 7.44. The Morgan fingerprint density at radius 1 is 1.31 bits per heavy atom. The van der Waals surface area contributed by atoms with Gasteiger partial charge < -0.3 is 10.5 Å². The number of para-hydroxylation sites is 1. The lowest BCUT2D eigenvalue weighted by Gasteiger charge is -2.17. The molecule has 90 valence electrons. The van der Waals surface area contributed by atoms with E-state index in [0.29, 0.717) is 17.9 Å². The Kier molecular flexibility index (Phi) is 4.18. The molecular formula is C11H14F3NO. The minimum atomic E-state index is -4.27. The molecule has 0 aliphatic heterocycles. The van der Waals surface area contributed by atoms with Crippen LogP contribution in [0.3, 0.4) is 0 Å². The van der Waals surface area contributed by atoms with Crippen molar-refractivity contribution in [3.63, 3.8) is 0 Å². The zero-order valence-electron chi connectivity index (χ0n) is 8.92. The van der Waals surface area contributed by atoms with Gasteiger partial charge in [0, 0.05) is 11.6 Å². The Morgan fingerprint density at radius 2 is 1.94 bits per heavy atom. The molecule has 0 heterocycles. The van der Waals surface area contributed by atoms with Gasteiger partial charge >= 0.3 is 6.18 Å². The van der Waals surface area contributed by atoms with Crippen molar-refractivity contribution < 1.29 is 17.9 Å². The number of halogens is 3. The Labute approximate surface area is 92.2 Å². The third-order valence-electron chi connectivity index (χ3n) is 2.07. The van der Waals surface area contributed by atoms with Crippen LogP contribution in [0.4, 0.5) is 13.2 Å². The monoisotopic (exact) mass is 233 g/mol. The summed E-state index contributed by atoms with van der Waals surface area (Å²) in [6.07, 6.45) is -5.31. The molecular weight excluding hydrogens is 219 g/mol. The van der Waals surface area contributed by atoms with Crippen molar-refractivity contribution in [2.75, 3.05) is 6.61 Å². The minimum Gasteiger partial charge on any atom is -0.494 e. The van der Waals surface area contributed by atoms with Crippen molar-refractivity contribution in [3.8, 4) is 5.75 Å². The standard InChI is InChI=1S/C11H14F3NO/c1-2-16-10-6-4-3-5-8(10)9(15)7-11(12,13)14/h3-6,9H,2,7,15H2,1H3/t9-/m1/s1. The van der Waals surface area contributed by atoms with Gasteiger partial charge in [0.2, 0.25) is 0 Å². The van der Waals surface area contributed by atoms with E-state index in [9.17, 15) is 13.2 Å². The van der Waals surface area contributed by atoms with Crippen LogP contribution in [-0.2, 0) is 0 Å². The number of alkyl halides is 3. The maximum Gasteiger partial charge on any atom is 0.390 e. The molecule has 0 radical (unpaired) electrons. The maximum absolute atomic E-state index is 12.2.